The molecule has 2 heterocycles. The Bertz CT molecular complexity index is 993. The van der Waals surface area contributed by atoms with Gasteiger partial charge in [-0.05, 0) is 24.3 Å². The number of fused-ring (bicyclic) bond motifs is 1. The molecule has 0 fully saturated rings. The van der Waals surface area contributed by atoms with E-state index in [2.05, 4.69) is 16.5 Å². The van der Waals surface area contributed by atoms with Gasteiger partial charge in [0.1, 0.15) is 23.7 Å². The topological polar surface area (TPSA) is 81.9 Å². The smallest absolute Gasteiger partial charge is 0.332 e. The number of benzene rings is 1. The molecule has 0 amide bonds. The molecule has 1 aromatic carbocycles. The van der Waals surface area contributed by atoms with Crippen LogP contribution in [0.3, 0.4) is 0 Å². The third-order valence-corrected chi connectivity index (χ3v) is 3.59. The number of aromatic amines is 1. The molecule has 0 radical (unpaired) electrons. The molecule has 118 valence electrons. The van der Waals surface area contributed by atoms with Gasteiger partial charge in [-0.1, -0.05) is 12.7 Å². The monoisotopic (exact) mass is 312 g/mol. The summed E-state index contributed by atoms with van der Waals surface area (Å²) >= 11 is 0. The summed E-state index contributed by atoms with van der Waals surface area (Å²) in [7, 11) is 3.03. The standard InChI is InChI=1S/C16H16N4O3/c1-4-9-23-11-7-5-10(6-8-11)13-17-12-14(18-13)19(2)16(22)20(3)15(12)21/h4-8H,1,9H2,2-3H3,(H,17,18). The summed E-state index contributed by atoms with van der Waals surface area (Å²) in [6.45, 7) is 4.03. The largest absolute Gasteiger partial charge is 0.490 e. The molecule has 0 saturated carbocycles. The summed E-state index contributed by atoms with van der Waals surface area (Å²) in [6.07, 6.45) is 1.67. The van der Waals surface area contributed by atoms with Crippen LogP contribution in [-0.2, 0) is 14.1 Å². The van der Waals surface area contributed by atoms with Crippen molar-refractivity contribution >= 4 is 11.2 Å². The first-order chi connectivity index (χ1) is 11.0. The fraction of sp³-hybridized carbons (Fsp3) is 0.188. The van der Waals surface area contributed by atoms with Crippen LogP contribution in [0.5, 0.6) is 5.75 Å². The van der Waals surface area contributed by atoms with E-state index in [0.717, 1.165) is 10.1 Å². The Morgan fingerprint density at radius 2 is 1.91 bits per heavy atom. The van der Waals surface area contributed by atoms with Gasteiger partial charge in [0.05, 0.1) is 0 Å². The lowest BCUT2D eigenvalue weighted by Crippen LogP contribution is -2.36. The van der Waals surface area contributed by atoms with Crippen LogP contribution in [0.1, 0.15) is 0 Å². The number of H-pyrrole nitrogens is 1. The van der Waals surface area contributed by atoms with Crippen molar-refractivity contribution in [2.45, 2.75) is 0 Å². The highest BCUT2D eigenvalue weighted by Gasteiger charge is 2.14. The molecule has 3 rings (SSSR count). The molecule has 0 aliphatic heterocycles. The third kappa shape index (κ3) is 2.46. The van der Waals surface area contributed by atoms with Crippen molar-refractivity contribution in [3.05, 3.63) is 57.8 Å². The summed E-state index contributed by atoms with van der Waals surface area (Å²) in [5.74, 6) is 1.24. The Morgan fingerprint density at radius 3 is 2.57 bits per heavy atom. The number of nitrogens with zero attached hydrogens (tertiary/aromatic N) is 3. The van der Waals surface area contributed by atoms with Crippen LogP contribution in [0.15, 0.2) is 46.5 Å². The highest BCUT2D eigenvalue weighted by molar-refractivity contribution is 5.75. The van der Waals surface area contributed by atoms with Crippen LogP contribution in [0, 0.1) is 0 Å². The number of nitrogens with one attached hydrogen (secondary N) is 1. The minimum absolute atomic E-state index is 0.302. The molecule has 0 saturated heterocycles. The number of rotatable bonds is 4. The first-order valence-electron chi connectivity index (χ1n) is 7.02. The SMILES string of the molecule is C=CCOc1ccc(-c2nc3c([nH]2)c(=O)n(C)c(=O)n3C)cc1. The van der Waals surface area contributed by atoms with Crippen molar-refractivity contribution in [3.8, 4) is 17.1 Å². The maximum absolute atomic E-state index is 12.2. The molecule has 0 bridgehead atoms. The highest BCUT2D eigenvalue weighted by Crippen LogP contribution is 2.21. The molecule has 0 atom stereocenters. The zero-order valence-electron chi connectivity index (χ0n) is 12.9. The van der Waals surface area contributed by atoms with Gasteiger partial charge in [-0.2, -0.15) is 0 Å². The van der Waals surface area contributed by atoms with E-state index in [1.807, 2.05) is 24.3 Å². The minimum Gasteiger partial charge on any atom is -0.490 e. The quantitative estimate of drug-likeness (QED) is 0.734. The molecular weight excluding hydrogens is 296 g/mol. The van der Waals surface area contributed by atoms with Crippen molar-refractivity contribution in [1.82, 2.24) is 19.1 Å². The second-order valence-corrected chi connectivity index (χ2v) is 5.11. The predicted octanol–water partition coefficient (Wildman–Crippen LogP) is 1.19. The molecule has 3 aromatic rings. The summed E-state index contributed by atoms with van der Waals surface area (Å²) in [5.41, 5.74) is 0.625. The van der Waals surface area contributed by atoms with E-state index in [1.54, 1.807) is 13.1 Å². The number of ether oxygens (including phenoxy) is 1. The van der Waals surface area contributed by atoms with Gasteiger partial charge in [0.2, 0.25) is 0 Å². The Labute approximate surface area is 131 Å². The number of aromatic nitrogens is 4. The van der Waals surface area contributed by atoms with E-state index in [9.17, 15) is 9.59 Å². The van der Waals surface area contributed by atoms with Gasteiger partial charge in [-0.15, -0.1) is 0 Å². The number of imidazole rings is 1. The predicted molar refractivity (Wildman–Crippen MR) is 87.7 cm³/mol. The third-order valence-electron chi connectivity index (χ3n) is 3.59. The average Bonchev–Trinajstić information content (AvgIpc) is 3.02. The number of aryl methyl sites for hydroxylation is 1. The van der Waals surface area contributed by atoms with Crippen LogP contribution < -0.4 is 16.0 Å². The zero-order chi connectivity index (χ0) is 16.6. The van der Waals surface area contributed by atoms with Gasteiger partial charge < -0.3 is 9.72 Å². The second kappa shape index (κ2) is 5.60. The molecule has 0 aliphatic rings. The Balaban J connectivity index is 2.09. The summed E-state index contributed by atoms with van der Waals surface area (Å²) in [4.78, 5) is 31.5. The van der Waals surface area contributed by atoms with Gasteiger partial charge in [0.15, 0.2) is 5.65 Å². The van der Waals surface area contributed by atoms with Crippen molar-refractivity contribution in [3.63, 3.8) is 0 Å². The van der Waals surface area contributed by atoms with E-state index in [1.165, 1.54) is 11.6 Å². The molecule has 7 nitrogen and oxygen atoms in total. The van der Waals surface area contributed by atoms with Crippen LogP contribution in [-0.4, -0.2) is 25.7 Å². The molecule has 0 spiro atoms. The lowest BCUT2D eigenvalue weighted by Gasteiger charge is -2.03. The van der Waals surface area contributed by atoms with Gasteiger partial charge in [-0.25, -0.2) is 9.78 Å². The van der Waals surface area contributed by atoms with Crippen LogP contribution in [0.4, 0.5) is 0 Å². The van der Waals surface area contributed by atoms with Gasteiger partial charge in [-0.3, -0.25) is 13.9 Å². The molecule has 0 unspecified atom stereocenters. The molecule has 23 heavy (non-hydrogen) atoms. The summed E-state index contributed by atoms with van der Waals surface area (Å²) in [5, 5.41) is 0. The van der Waals surface area contributed by atoms with Crippen LogP contribution >= 0.6 is 0 Å². The Morgan fingerprint density at radius 1 is 1.22 bits per heavy atom. The minimum atomic E-state index is -0.409. The normalized spacial score (nSPS) is 10.9. The van der Waals surface area contributed by atoms with E-state index in [0.29, 0.717) is 29.3 Å². The van der Waals surface area contributed by atoms with Crippen molar-refractivity contribution in [2.75, 3.05) is 6.61 Å². The Hall–Kier alpha value is -3.09. The molecule has 0 aliphatic carbocycles. The van der Waals surface area contributed by atoms with E-state index < -0.39 is 11.2 Å². The van der Waals surface area contributed by atoms with Gasteiger partial charge in [0, 0.05) is 19.7 Å². The fourth-order valence-corrected chi connectivity index (χ4v) is 2.33. The van der Waals surface area contributed by atoms with E-state index in [4.69, 9.17) is 4.74 Å². The lowest BCUT2D eigenvalue weighted by atomic mass is 10.2. The van der Waals surface area contributed by atoms with Crippen molar-refractivity contribution < 1.29 is 4.74 Å². The van der Waals surface area contributed by atoms with Crippen molar-refractivity contribution in [1.29, 1.82) is 0 Å². The zero-order valence-corrected chi connectivity index (χ0v) is 12.9. The van der Waals surface area contributed by atoms with Gasteiger partial charge >= 0.3 is 5.69 Å². The highest BCUT2D eigenvalue weighted by atomic mass is 16.5. The first-order valence-corrected chi connectivity index (χ1v) is 7.02. The average molecular weight is 312 g/mol. The second-order valence-electron chi connectivity index (χ2n) is 5.11. The maximum Gasteiger partial charge on any atom is 0.332 e. The Kier molecular flexibility index (Phi) is 3.61. The molecule has 1 N–H and O–H groups in total. The van der Waals surface area contributed by atoms with E-state index in [-0.39, 0.29) is 0 Å². The molecular formula is C16H16N4O3. The fourth-order valence-electron chi connectivity index (χ4n) is 2.33. The lowest BCUT2D eigenvalue weighted by molar-refractivity contribution is 0.363. The molecule has 7 heteroatoms. The maximum atomic E-state index is 12.2. The first kappa shape index (κ1) is 14.8. The molecule has 2 aromatic heterocycles. The van der Waals surface area contributed by atoms with Crippen molar-refractivity contribution in [2.24, 2.45) is 14.1 Å². The van der Waals surface area contributed by atoms with E-state index >= 15 is 0 Å². The van der Waals surface area contributed by atoms with Crippen LogP contribution in [0.25, 0.3) is 22.6 Å². The summed E-state index contributed by atoms with van der Waals surface area (Å²) < 4.78 is 7.82. The van der Waals surface area contributed by atoms with Crippen LogP contribution in [0.2, 0.25) is 0 Å². The number of hydrogen-bond donors (Lipinski definition) is 1. The number of hydrogen-bond acceptors (Lipinski definition) is 4. The summed E-state index contributed by atoms with van der Waals surface area (Å²) in [6, 6.07) is 7.28. The van der Waals surface area contributed by atoms with Gasteiger partial charge in [0.25, 0.3) is 5.56 Å².